The molecule has 1 aromatic heterocycles. The zero-order valence-electron chi connectivity index (χ0n) is 28.1. The van der Waals surface area contributed by atoms with E-state index in [0.717, 1.165) is 37.8 Å². The molecule has 0 radical (unpaired) electrons. The van der Waals surface area contributed by atoms with E-state index in [2.05, 4.69) is 26.7 Å². The number of aryl methyl sites for hydroxylation is 1. The van der Waals surface area contributed by atoms with Crippen LogP contribution < -0.4 is 14.4 Å². The minimum Gasteiger partial charge on any atom is -0.490 e. The lowest BCUT2D eigenvalue weighted by Gasteiger charge is -2.50. The van der Waals surface area contributed by atoms with Crippen LogP contribution in [0.25, 0.3) is 0 Å². The van der Waals surface area contributed by atoms with E-state index < -0.39 is 32.7 Å². The van der Waals surface area contributed by atoms with Crippen molar-refractivity contribution in [1.82, 2.24) is 9.71 Å². The van der Waals surface area contributed by atoms with E-state index in [1.54, 1.807) is 44.4 Å². The summed E-state index contributed by atoms with van der Waals surface area (Å²) in [5.74, 6) is -0.969. The molecule has 2 aliphatic heterocycles. The number of nitrogens with zero attached hydrogens (tertiary/aromatic N) is 2. The van der Waals surface area contributed by atoms with Crippen LogP contribution >= 0.6 is 11.6 Å². The van der Waals surface area contributed by atoms with Crippen LogP contribution in [-0.2, 0) is 32.2 Å². The number of pyridine rings is 1. The number of anilines is 1. The summed E-state index contributed by atoms with van der Waals surface area (Å²) in [6.45, 7) is 5.10. The van der Waals surface area contributed by atoms with Crippen molar-refractivity contribution in [1.29, 1.82) is 0 Å². The van der Waals surface area contributed by atoms with E-state index in [1.165, 1.54) is 17.3 Å². The number of amides is 1. The van der Waals surface area contributed by atoms with Gasteiger partial charge in [-0.1, -0.05) is 36.7 Å². The van der Waals surface area contributed by atoms with Gasteiger partial charge in [0.1, 0.15) is 11.4 Å². The highest BCUT2D eigenvalue weighted by atomic mass is 35.5. The zero-order valence-corrected chi connectivity index (χ0v) is 29.7. The summed E-state index contributed by atoms with van der Waals surface area (Å²) in [5, 5.41) is -0.171. The van der Waals surface area contributed by atoms with Crippen molar-refractivity contribution in [3.63, 3.8) is 0 Å². The van der Waals surface area contributed by atoms with Gasteiger partial charge in [0, 0.05) is 53.9 Å². The number of hydrogen-bond donors (Lipinski definition) is 1. The van der Waals surface area contributed by atoms with E-state index in [9.17, 15) is 13.2 Å². The third kappa shape index (κ3) is 6.03. The molecule has 2 aliphatic carbocycles. The number of benzene rings is 2. The molecule has 3 aromatic rings. The van der Waals surface area contributed by atoms with Crippen molar-refractivity contribution < 1.29 is 27.1 Å². The second-order valence-electron chi connectivity index (χ2n) is 14.4. The Morgan fingerprint density at radius 1 is 1.12 bits per heavy atom. The molecule has 1 saturated carbocycles. The molecule has 260 valence electrons. The highest BCUT2D eigenvalue weighted by molar-refractivity contribution is 7.90. The maximum Gasteiger partial charge on any atom is 0.264 e. The quantitative estimate of drug-likeness (QED) is 0.227. The van der Waals surface area contributed by atoms with Crippen LogP contribution in [0, 0.1) is 23.7 Å². The molecule has 49 heavy (non-hydrogen) atoms. The molecule has 1 N–H and O–H groups in total. The normalized spacial score (nSPS) is 31.7. The van der Waals surface area contributed by atoms with Crippen LogP contribution in [0.4, 0.5) is 10.1 Å². The number of ether oxygens (including phenoxy) is 2. The maximum atomic E-state index is 15.6. The largest absolute Gasteiger partial charge is 0.490 e. The Morgan fingerprint density at radius 3 is 2.71 bits per heavy atom. The highest BCUT2D eigenvalue weighted by Gasteiger charge is 2.51. The topological polar surface area (TPSA) is 97.8 Å². The van der Waals surface area contributed by atoms with Crippen molar-refractivity contribution >= 4 is 33.2 Å². The summed E-state index contributed by atoms with van der Waals surface area (Å²) in [7, 11) is -2.42. The molecular weight excluding hydrogens is 665 g/mol. The Hall–Kier alpha value is -3.47. The summed E-state index contributed by atoms with van der Waals surface area (Å²) >= 11 is 6.45. The Labute approximate surface area is 293 Å². The summed E-state index contributed by atoms with van der Waals surface area (Å²) in [4.78, 5) is 19.8. The van der Waals surface area contributed by atoms with Gasteiger partial charge < -0.3 is 14.4 Å². The maximum absolute atomic E-state index is 15.6. The molecule has 2 bridgehead atoms. The third-order valence-corrected chi connectivity index (χ3v) is 13.8. The number of carbonyl (C=O) groups is 1. The fourth-order valence-corrected chi connectivity index (χ4v) is 10.0. The van der Waals surface area contributed by atoms with E-state index >= 15 is 4.39 Å². The zero-order chi connectivity index (χ0) is 34.6. The van der Waals surface area contributed by atoms with Crippen molar-refractivity contribution in [2.24, 2.45) is 17.8 Å². The highest BCUT2D eigenvalue weighted by Crippen LogP contribution is 2.52. The van der Waals surface area contributed by atoms with E-state index in [4.69, 9.17) is 21.1 Å². The molecule has 4 aliphatic rings. The lowest BCUT2D eigenvalue weighted by molar-refractivity contribution is -0.0827. The standard InChI is InChI=1S/C38H43ClFN3O5S/c1-24-7-4-17-38(47-3,32-9-6-18-41-35(32)40)31-13-10-28(31)21-43-22-37(16-5-8-26-19-29(39)12-14-30(26)37)23-48-34-15-11-27(20-33(34)43)36(44)42-49(45,46)25(24)2/h4,6,9,11-12,14-15,17-20,24-25,28,31H,5,7-8,10,13,16,21-23H2,1-3H3,(H,42,44)/b17-4+/t24-,25+,28-,31+,37-,38+/m0/s1. The second kappa shape index (κ2) is 13.0. The van der Waals surface area contributed by atoms with Gasteiger partial charge in [0.2, 0.25) is 16.0 Å². The van der Waals surface area contributed by atoms with Gasteiger partial charge in [-0.15, -0.1) is 0 Å². The molecule has 6 atom stereocenters. The van der Waals surface area contributed by atoms with Gasteiger partial charge in [0.25, 0.3) is 5.91 Å². The first kappa shape index (κ1) is 34.0. The summed E-state index contributed by atoms with van der Waals surface area (Å²) in [5.41, 5.74) is 2.30. The number of rotatable bonds is 2. The number of methoxy groups -OCH3 is 1. The molecule has 1 fully saturated rings. The first-order chi connectivity index (χ1) is 23.5. The monoisotopic (exact) mass is 707 g/mol. The number of allylic oxidation sites excluding steroid dienone is 1. The van der Waals surface area contributed by atoms with Gasteiger partial charge in [0.05, 0.1) is 17.5 Å². The lowest BCUT2D eigenvalue weighted by atomic mass is 9.62. The van der Waals surface area contributed by atoms with Crippen LogP contribution in [0.15, 0.2) is 66.9 Å². The number of hydrogen-bond acceptors (Lipinski definition) is 7. The molecule has 8 nitrogen and oxygen atoms in total. The molecule has 11 heteroatoms. The fourth-order valence-electron chi connectivity index (χ4n) is 8.55. The summed E-state index contributed by atoms with van der Waals surface area (Å²) in [6, 6.07) is 14.7. The van der Waals surface area contributed by atoms with Gasteiger partial charge in [-0.25, -0.2) is 18.1 Å². The van der Waals surface area contributed by atoms with Gasteiger partial charge in [-0.2, -0.15) is 4.39 Å². The predicted molar refractivity (Wildman–Crippen MR) is 188 cm³/mol. The lowest BCUT2D eigenvalue weighted by Crippen LogP contribution is -2.52. The molecule has 0 saturated heterocycles. The first-order valence-electron chi connectivity index (χ1n) is 17.2. The van der Waals surface area contributed by atoms with Gasteiger partial charge in [-0.05, 0) is 111 Å². The molecule has 0 unspecified atom stereocenters. The second-order valence-corrected chi connectivity index (χ2v) is 16.8. The van der Waals surface area contributed by atoms with Crippen LogP contribution in [0.3, 0.4) is 0 Å². The number of halogens is 2. The molecular formula is C38H43ClFN3O5S. The van der Waals surface area contributed by atoms with Crippen molar-refractivity contribution in [3.8, 4) is 5.75 Å². The first-order valence-corrected chi connectivity index (χ1v) is 19.1. The van der Waals surface area contributed by atoms with Crippen LogP contribution in [0.5, 0.6) is 5.75 Å². The number of carbonyl (C=O) groups excluding carboxylic acids is 1. The molecule has 1 spiro atoms. The smallest absolute Gasteiger partial charge is 0.264 e. The van der Waals surface area contributed by atoms with E-state index in [0.29, 0.717) is 42.5 Å². The Kier molecular flexibility index (Phi) is 9.03. The van der Waals surface area contributed by atoms with E-state index in [-0.39, 0.29) is 28.7 Å². The van der Waals surface area contributed by atoms with Crippen molar-refractivity contribution in [2.45, 2.75) is 68.6 Å². The number of aromatic nitrogens is 1. The number of fused-ring (bicyclic) bond motifs is 4. The fraction of sp³-hybridized carbons (Fsp3) is 0.474. The molecule has 7 rings (SSSR count). The van der Waals surface area contributed by atoms with Crippen LogP contribution in [0.2, 0.25) is 5.02 Å². The minimum atomic E-state index is -4.03. The van der Waals surface area contributed by atoms with Crippen LogP contribution in [-0.4, -0.2) is 51.4 Å². The van der Waals surface area contributed by atoms with Gasteiger partial charge in [0.15, 0.2) is 0 Å². The summed E-state index contributed by atoms with van der Waals surface area (Å²) < 4.78 is 57.9. The Morgan fingerprint density at radius 2 is 1.96 bits per heavy atom. The number of sulfonamides is 1. The average Bonchev–Trinajstić information content (AvgIpc) is 3.22. The van der Waals surface area contributed by atoms with Crippen LogP contribution in [0.1, 0.15) is 73.0 Å². The predicted octanol–water partition coefficient (Wildman–Crippen LogP) is 6.96. The van der Waals surface area contributed by atoms with Gasteiger partial charge >= 0.3 is 0 Å². The SMILES string of the molecule is CO[C@]1(c2cccnc2F)/C=C/C[C@H](C)[C@@H](C)S(=O)(=O)NC(=O)c2ccc3c(c2)N(C[C@@H]2CC[C@H]21)C[C@@]1(CCCc2cc(Cl)ccc21)CO3. The third-order valence-electron chi connectivity index (χ3n) is 11.6. The molecule has 2 aromatic carbocycles. The molecule has 3 heterocycles. The van der Waals surface area contributed by atoms with E-state index in [1.807, 2.05) is 25.1 Å². The minimum absolute atomic E-state index is 0.0932. The summed E-state index contributed by atoms with van der Waals surface area (Å²) in [6.07, 6.45) is 10.2. The Balaban J connectivity index is 1.37. The molecule has 1 amide bonds. The average molecular weight is 708 g/mol. The Bertz CT molecular complexity index is 1910. The van der Waals surface area contributed by atoms with Gasteiger partial charge in [-0.3, -0.25) is 4.79 Å². The van der Waals surface area contributed by atoms with Crippen molar-refractivity contribution in [3.05, 3.63) is 100 Å². The van der Waals surface area contributed by atoms with Crippen molar-refractivity contribution in [2.75, 3.05) is 31.7 Å². The number of nitrogens with one attached hydrogen (secondary N) is 1.